The van der Waals surface area contributed by atoms with E-state index in [1.54, 1.807) is 13.3 Å². The highest BCUT2D eigenvalue weighted by molar-refractivity contribution is 5.92. The van der Waals surface area contributed by atoms with Crippen molar-refractivity contribution in [3.8, 4) is 11.6 Å². The van der Waals surface area contributed by atoms with Crippen molar-refractivity contribution in [2.75, 3.05) is 7.11 Å². The fourth-order valence-corrected chi connectivity index (χ4v) is 2.37. The molecule has 23 heavy (non-hydrogen) atoms. The molecule has 0 saturated heterocycles. The van der Waals surface area contributed by atoms with Gasteiger partial charge in [-0.2, -0.15) is 5.10 Å². The summed E-state index contributed by atoms with van der Waals surface area (Å²) in [6, 6.07) is 13.7. The molecule has 0 unspecified atom stereocenters. The van der Waals surface area contributed by atoms with Crippen molar-refractivity contribution in [2.24, 2.45) is 0 Å². The maximum Gasteiger partial charge on any atom is 0.213 e. The molecule has 0 aliphatic heterocycles. The lowest BCUT2D eigenvalue weighted by Gasteiger charge is -2.08. The van der Waals surface area contributed by atoms with Gasteiger partial charge in [0, 0.05) is 25.4 Å². The van der Waals surface area contributed by atoms with E-state index in [4.69, 9.17) is 4.74 Å². The summed E-state index contributed by atoms with van der Waals surface area (Å²) < 4.78 is 6.99. The molecular weight excluding hydrogens is 290 g/mol. The molecule has 3 aromatic rings. The molecule has 1 aromatic carbocycles. The number of ketones is 1. The molecule has 0 spiro atoms. The maximum absolute atomic E-state index is 11.6. The molecule has 2 heterocycles. The van der Waals surface area contributed by atoms with Crippen molar-refractivity contribution >= 4 is 5.78 Å². The zero-order valence-electron chi connectivity index (χ0n) is 13.1. The summed E-state index contributed by atoms with van der Waals surface area (Å²) in [7, 11) is 1.55. The van der Waals surface area contributed by atoms with Crippen LogP contribution in [0.5, 0.6) is 5.88 Å². The highest BCUT2D eigenvalue weighted by Gasteiger charge is 2.08. The maximum atomic E-state index is 11.6. The van der Waals surface area contributed by atoms with Gasteiger partial charge in [0.15, 0.2) is 5.78 Å². The van der Waals surface area contributed by atoms with Gasteiger partial charge in [-0.15, -0.1) is 0 Å². The molecular formula is C18H17N3O2. The summed E-state index contributed by atoms with van der Waals surface area (Å²) >= 11 is 0. The molecule has 0 saturated carbocycles. The second-order valence-corrected chi connectivity index (χ2v) is 5.25. The Labute approximate surface area is 134 Å². The molecule has 0 amide bonds. The van der Waals surface area contributed by atoms with Gasteiger partial charge in [0.2, 0.25) is 5.88 Å². The molecule has 5 nitrogen and oxygen atoms in total. The summed E-state index contributed by atoms with van der Waals surface area (Å²) in [5.74, 6) is 0.389. The lowest BCUT2D eigenvalue weighted by Crippen LogP contribution is -2.02. The molecule has 0 aliphatic carbocycles. The van der Waals surface area contributed by atoms with Gasteiger partial charge in [0.25, 0.3) is 0 Å². The van der Waals surface area contributed by atoms with Crippen molar-refractivity contribution in [2.45, 2.75) is 13.3 Å². The van der Waals surface area contributed by atoms with Crippen LogP contribution in [0.3, 0.4) is 0 Å². The molecule has 116 valence electrons. The second-order valence-electron chi connectivity index (χ2n) is 5.25. The van der Waals surface area contributed by atoms with E-state index in [0.717, 1.165) is 16.8 Å². The van der Waals surface area contributed by atoms with Crippen molar-refractivity contribution < 1.29 is 9.53 Å². The predicted octanol–water partition coefficient (Wildman–Crippen LogP) is 3.07. The lowest BCUT2D eigenvalue weighted by molar-refractivity contribution is 0.101. The standard InChI is InChI=1S/C18H17N3O2/c1-13(22)17-11-15(12-18(20-17)23-2)10-14-4-6-16(7-5-14)21-9-3-8-19-21/h3-9,11-12H,10H2,1-2H3. The second kappa shape index (κ2) is 6.44. The van der Waals surface area contributed by atoms with Gasteiger partial charge >= 0.3 is 0 Å². The topological polar surface area (TPSA) is 57.0 Å². The van der Waals surface area contributed by atoms with Gasteiger partial charge in [-0.3, -0.25) is 4.79 Å². The SMILES string of the molecule is COc1cc(Cc2ccc(-n3cccn3)cc2)cc(C(C)=O)n1. The van der Waals surface area contributed by atoms with Crippen molar-refractivity contribution in [3.05, 3.63) is 71.7 Å². The number of carbonyl (C=O) groups excluding carboxylic acids is 1. The van der Waals surface area contributed by atoms with Crippen LogP contribution in [0.25, 0.3) is 5.69 Å². The number of ether oxygens (including phenoxy) is 1. The highest BCUT2D eigenvalue weighted by atomic mass is 16.5. The summed E-state index contributed by atoms with van der Waals surface area (Å²) in [5.41, 5.74) is 3.57. The Morgan fingerprint density at radius 2 is 1.96 bits per heavy atom. The normalized spacial score (nSPS) is 10.5. The van der Waals surface area contributed by atoms with Gasteiger partial charge in [-0.1, -0.05) is 12.1 Å². The number of hydrogen-bond acceptors (Lipinski definition) is 4. The summed E-state index contributed by atoms with van der Waals surface area (Å²) in [6.45, 7) is 1.50. The van der Waals surface area contributed by atoms with Crippen LogP contribution >= 0.6 is 0 Å². The average molecular weight is 307 g/mol. The summed E-state index contributed by atoms with van der Waals surface area (Å²) in [5, 5.41) is 4.21. The van der Waals surface area contributed by atoms with E-state index in [9.17, 15) is 4.79 Å². The molecule has 0 N–H and O–H groups in total. The minimum atomic E-state index is -0.0702. The Kier molecular flexibility index (Phi) is 4.19. The van der Waals surface area contributed by atoms with E-state index in [-0.39, 0.29) is 5.78 Å². The monoisotopic (exact) mass is 307 g/mol. The van der Waals surface area contributed by atoms with Crippen LogP contribution < -0.4 is 4.74 Å². The highest BCUT2D eigenvalue weighted by Crippen LogP contribution is 2.18. The van der Waals surface area contributed by atoms with E-state index in [1.807, 2.05) is 41.2 Å². The van der Waals surface area contributed by atoms with E-state index in [1.165, 1.54) is 6.92 Å². The van der Waals surface area contributed by atoms with Crippen molar-refractivity contribution in [3.63, 3.8) is 0 Å². The molecule has 3 rings (SSSR count). The number of pyridine rings is 1. The number of rotatable bonds is 5. The first-order valence-corrected chi connectivity index (χ1v) is 7.30. The van der Waals surface area contributed by atoms with E-state index in [2.05, 4.69) is 22.2 Å². The zero-order valence-corrected chi connectivity index (χ0v) is 13.1. The fraction of sp³-hybridized carbons (Fsp3) is 0.167. The first-order chi connectivity index (χ1) is 11.2. The number of benzene rings is 1. The Bertz CT molecular complexity index is 809. The van der Waals surface area contributed by atoms with Gasteiger partial charge < -0.3 is 4.74 Å². The fourth-order valence-electron chi connectivity index (χ4n) is 2.37. The minimum absolute atomic E-state index is 0.0702. The Hall–Kier alpha value is -2.95. The number of hydrogen-bond donors (Lipinski definition) is 0. The first-order valence-electron chi connectivity index (χ1n) is 7.30. The Morgan fingerprint density at radius 3 is 2.57 bits per heavy atom. The van der Waals surface area contributed by atoms with Crippen LogP contribution in [-0.2, 0) is 6.42 Å². The van der Waals surface area contributed by atoms with Crippen LogP contribution in [-0.4, -0.2) is 27.7 Å². The van der Waals surface area contributed by atoms with E-state index in [0.29, 0.717) is 18.0 Å². The zero-order chi connectivity index (χ0) is 16.2. The molecule has 0 radical (unpaired) electrons. The first kappa shape index (κ1) is 15.0. The summed E-state index contributed by atoms with van der Waals surface area (Å²) in [4.78, 5) is 15.7. The molecule has 0 bridgehead atoms. The largest absolute Gasteiger partial charge is 0.481 e. The number of carbonyl (C=O) groups is 1. The molecule has 0 aliphatic rings. The minimum Gasteiger partial charge on any atom is -0.481 e. The number of Topliss-reactive ketones (excluding diaryl/α,β-unsaturated/α-hetero) is 1. The van der Waals surface area contributed by atoms with Gasteiger partial charge in [0.1, 0.15) is 5.69 Å². The van der Waals surface area contributed by atoms with Gasteiger partial charge in [0.05, 0.1) is 12.8 Å². The van der Waals surface area contributed by atoms with E-state index < -0.39 is 0 Å². The third-order valence-electron chi connectivity index (χ3n) is 3.55. The van der Waals surface area contributed by atoms with Crippen LogP contribution in [0.15, 0.2) is 54.9 Å². The molecule has 0 fully saturated rings. The van der Waals surface area contributed by atoms with Crippen LogP contribution in [0, 0.1) is 0 Å². The molecule has 0 atom stereocenters. The van der Waals surface area contributed by atoms with Crippen LogP contribution in [0.2, 0.25) is 0 Å². The summed E-state index contributed by atoms with van der Waals surface area (Å²) in [6.07, 6.45) is 4.36. The number of methoxy groups -OCH3 is 1. The number of aromatic nitrogens is 3. The molecule has 2 aromatic heterocycles. The van der Waals surface area contributed by atoms with Gasteiger partial charge in [-0.05, 0) is 41.8 Å². The third kappa shape index (κ3) is 3.45. The van der Waals surface area contributed by atoms with Crippen LogP contribution in [0.1, 0.15) is 28.5 Å². The predicted molar refractivity (Wildman–Crippen MR) is 87.2 cm³/mol. The Morgan fingerprint density at radius 1 is 1.17 bits per heavy atom. The van der Waals surface area contributed by atoms with Crippen LogP contribution in [0.4, 0.5) is 0 Å². The Balaban J connectivity index is 1.84. The van der Waals surface area contributed by atoms with Crippen molar-refractivity contribution in [1.29, 1.82) is 0 Å². The average Bonchev–Trinajstić information content (AvgIpc) is 3.09. The third-order valence-corrected chi connectivity index (χ3v) is 3.55. The number of nitrogens with zero attached hydrogens (tertiary/aromatic N) is 3. The quantitative estimate of drug-likeness (QED) is 0.680. The van der Waals surface area contributed by atoms with Crippen molar-refractivity contribution in [1.82, 2.24) is 14.8 Å². The van der Waals surface area contributed by atoms with E-state index >= 15 is 0 Å². The van der Waals surface area contributed by atoms with Gasteiger partial charge in [-0.25, -0.2) is 9.67 Å². The molecule has 5 heteroatoms. The lowest BCUT2D eigenvalue weighted by atomic mass is 10.0. The smallest absolute Gasteiger partial charge is 0.213 e.